The van der Waals surface area contributed by atoms with Crippen LogP contribution < -0.4 is 17.0 Å². The van der Waals surface area contributed by atoms with Gasteiger partial charge in [-0.2, -0.15) is 0 Å². The SMILES string of the molecule is CCC[N+](CC#Cc1ccccc1)(CC#Cc1ccccc1)CCC.[Br-]. The van der Waals surface area contributed by atoms with E-state index in [1.165, 1.54) is 0 Å². The number of hydrogen-bond acceptors (Lipinski definition) is 0. The summed E-state index contributed by atoms with van der Waals surface area (Å²) in [5.74, 6) is 13.5. The third kappa shape index (κ3) is 7.49. The van der Waals surface area contributed by atoms with Crippen molar-refractivity contribution < 1.29 is 21.5 Å². The van der Waals surface area contributed by atoms with Gasteiger partial charge in [-0.15, -0.1) is 0 Å². The van der Waals surface area contributed by atoms with Gasteiger partial charge in [-0.25, -0.2) is 0 Å². The van der Waals surface area contributed by atoms with Gasteiger partial charge in [0, 0.05) is 11.1 Å². The first-order chi connectivity index (χ1) is 12.3. The molecule has 0 spiro atoms. The first kappa shape index (κ1) is 22.0. The Labute approximate surface area is 169 Å². The fourth-order valence-electron chi connectivity index (χ4n) is 3.09. The van der Waals surface area contributed by atoms with Crippen molar-refractivity contribution in [2.24, 2.45) is 0 Å². The molecule has 2 heteroatoms. The van der Waals surface area contributed by atoms with Crippen molar-refractivity contribution in [3.63, 3.8) is 0 Å². The van der Waals surface area contributed by atoms with Gasteiger partial charge in [0.1, 0.15) is 13.1 Å². The Morgan fingerprint density at radius 3 is 1.38 bits per heavy atom. The van der Waals surface area contributed by atoms with Crippen LogP contribution in [-0.2, 0) is 0 Å². The summed E-state index contributed by atoms with van der Waals surface area (Å²) in [4.78, 5) is 0. The summed E-state index contributed by atoms with van der Waals surface area (Å²) in [6.45, 7) is 8.47. The number of quaternary nitrogens is 1. The van der Waals surface area contributed by atoms with Crippen LogP contribution >= 0.6 is 0 Å². The predicted octanol–water partition coefficient (Wildman–Crippen LogP) is 1.73. The van der Waals surface area contributed by atoms with Gasteiger partial charge in [-0.05, 0) is 48.9 Å². The van der Waals surface area contributed by atoms with Gasteiger partial charge in [-0.1, -0.05) is 62.1 Å². The highest BCUT2D eigenvalue weighted by Crippen LogP contribution is 2.10. The number of nitrogens with zero attached hydrogens (tertiary/aromatic N) is 1. The van der Waals surface area contributed by atoms with Crippen LogP contribution in [0.1, 0.15) is 37.8 Å². The van der Waals surface area contributed by atoms with Crippen LogP contribution in [0.2, 0.25) is 0 Å². The average Bonchev–Trinajstić information content (AvgIpc) is 2.64. The summed E-state index contributed by atoms with van der Waals surface area (Å²) >= 11 is 0. The second-order valence-electron chi connectivity index (χ2n) is 6.44. The average molecular weight is 410 g/mol. The van der Waals surface area contributed by atoms with E-state index in [-0.39, 0.29) is 17.0 Å². The van der Waals surface area contributed by atoms with E-state index in [0.29, 0.717) is 0 Å². The van der Waals surface area contributed by atoms with Crippen LogP contribution in [0.3, 0.4) is 0 Å². The minimum Gasteiger partial charge on any atom is -1.00 e. The molecule has 0 aliphatic rings. The quantitative estimate of drug-likeness (QED) is 0.503. The second-order valence-corrected chi connectivity index (χ2v) is 6.44. The van der Waals surface area contributed by atoms with Gasteiger partial charge in [0.2, 0.25) is 0 Å². The largest absolute Gasteiger partial charge is 1.00 e. The van der Waals surface area contributed by atoms with E-state index in [1.54, 1.807) is 0 Å². The molecule has 0 unspecified atom stereocenters. The molecule has 0 saturated carbocycles. The number of rotatable bonds is 6. The molecule has 0 amide bonds. The third-order valence-corrected chi connectivity index (χ3v) is 4.24. The van der Waals surface area contributed by atoms with Crippen molar-refractivity contribution in [1.82, 2.24) is 0 Å². The second kappa shape index (κ2) is 12.4. The Hall–Kier alpha value is -2.00. The molecule has 0 aromatic heterocycles. The van der Waals surface area contributed by atoms with Crippen molar-refractivity contribution in [1.29, 1.82) is 0 Å². The van der Waals surface area contributed by atoms with Crippen molar-refractivity contribution >= 4 is 0 Å². The highest BCUT2D eigenvalue weighted by atomic mass is 79.9. The molecule has 0 aliphatic heterocycles. The molecule has 136 valence electrons. The van der Waals surface area contributed by atoms with E-state index in [0.717, 1.165) is 54.6 Å². The lowest BCUT2D eigenvalue weighted by Gasteiger charge is -2.35. The van der Waals surface area contributed by atoms with Crippen LogP contribution in [-0.4, -0.2) is 30.7 Å². The smallest absolute Gasteiger partial charge is 0.142 e. The third-order valence-electron chi connectivity index (χ3n) is 4.24. The molecule has 26 heavy (non-hydrogen) atoms. The first-order valence-corrected chi connectivity index (χ1v) is 9.21. The monoisotopic (exact) mass is 409 g/mol. The van der Waals surface area contributed by atoms with E-state index in [2.05, 4.69) is 61.8 Å². The molecule has 0 fully saturated rings. The molecule has 2 aromatic carbocycles. The van der Waals surface area contributed by atoms with E-state index < -0.39 is 0 Å². The molecule has 0 saturated heterocycles. The maximum Gasteiger partial charge on any atom is 0.142 e. The van der Waals surface area contributed by atoms with Gasteiger partial charge >= 0.3 is 0 Å². The normalized spacial score (nSPS) is 9.92. The highest BCUT2D eigenvalue weighted by molar-refractivity contribution is 5.34. The Morgan fingerprint density at radius 1 is 0.654 bits per heavy atom. The molecule has 0 aliphatic carbocycles. The topological polar surface area (TPSA) is 0 Å². The van der Waals surface area contributed by atoms with Crippen LogP contribution in [0, 0.1) is 23.7 Å². The summed E-state index contributed by atoms with van der Waals surface area (Å²) < 4.78 is 0.965. The number of halogens is 1. The van der Waals surface area contributed by atoms with Crippen molar-refractivity contribution in [2.75, 3.05) is 26.2 Å². The number of hydrogen-bond donors (Lipinski definition) is 0. The zero-order valence-electron chi connectivity index (χ0n) is 15.8. The van der Waals surface area contributed by atoms with Gasteiger partial charge in [0.15, 0.2) is 0 Å². The summed E-state index contributed by atoms with van der Waals surface area (Å²) in [6.07, 6.45) is 2.31. The van der Waals surface area contributed by atoms with Gasteiger partial charge < -0.3 is 21.5 Å². The highest BCUT2D eigenvalue weighted by Gasteiger charge is 2.23. The minimum atomic E-state index is 0. The number of benzene rings is 2. The molecule has 1 nitrogen and oxygen atoms in total. The summed E-state index contributed by atoms with van der Waals surface area (Å²) in [5.41, 5.74) is 2.17. The summed E-state index contributed by atoms with van der Waals surface area (Å²) in [6, 6.07) is 20.5. The first-order valence-electron chi connectivity index (χ1n) is 9.21. The molecule has 2 rings (SSSR count). The molecular formula is C24H28BrN. The fraction of sp³-hybridized carbons (Fsp3) is 0.333. The van der Waals surface area contributed by atoms with Gasteiger partial charge in [-0.3, -0.25) is 0 Å². The van der Waals surface area contributed by atoms with E-state index >= 15 is 0 Å². The zero-order chi connectivity index (χ0) is 17.8. The van der Waals surface area contributed by atoms with Gasteiger partial charge in [0.25, 0.3) is 0 Å². The minimum absolute atomic E-state index is 0. The molecule has 0 radical (unpaired) electrons. The fourth-order valence-corrected chi connectivity index (χ4v) is 3.09. The van der Waals surface area contributed by atoms with E-state index in [1.807, 2.05) is 36.4 Å². The molecule has 0 N–H and O–H groups in total. The Morgan fingerprint density at radius 2 is 1.04 bits per heavy atom. The predicted molar refractivity (Wildman–Crippen MR) is 107 cm³/mol. The van der Waals surface area contributed by atoms with E-state index in [4.69, 9.17) is 0 Å². The molecular weight excluding hydrogens is 382 g/mol. The Bertz CT molecular complexity index is 677. The van der Waals surface area contributed by atoms with Crippen molar-refractivity contribution in [3.05, 3.63) is 71.8 Å². The van der Waals surface area contributed by atoms with E-state index in [9.17, 15) is 0 Å². The Kier molecular flexibility index (Phi) is 10.5. The standard InChI is InChI=1S/C24H28N.BrH/c1-3-19-25(20-4-2,21-11-17-23-13-7-5-8-14-23)22-12-18-24-15-9-6-10-16-24;/h5-10,13-16H,3-4,19-22H2,1-2H3;1H/q+1;/p-1. The molecule has 0 bridgehead atoms. The van der Waals surface area contributed by atoms with Gasteiger partial charge in [0.05, 0.1) is 13.1 Å². The zero-order valence-corrected chi connectivity index (χ0v) is 17.4. The maximum absolute atomic E-state index is 3.42. The summed E-state index contributed by atoms with van der Waals surface area (Å²) in [7, 11) is 0. The van der Waals surface area contributed by atoms with Crippen LogP contribution in [0.25, 0.3) is 0 Å². The maximum atomic E-state index is 3.42. The lowest BCUT2D eigenvalue weighted by Crippen LogP contribution is -3.00. The van der Waals surface area contributed by atoms with Crippen molar-refractivity contribution in [2.45, 2.75) is 26.7 Å². The van der Waals surface area contributed by atoms with Crippen LogP contribution in [0.4, 0.5) is 0 Å². The molecule has 0 atom stereocenters. The molecule has 2 aromatic rings. The van der Waals surface area contributed by atoms with Crippen LogP contribution in [0.15, 0.2) is 60.7 Å². The molecule has 0 heterocycles. The van der Waals surface area contributed by atoms with Crippen LogP contribution in [0.5, 0.6) is 0 Å². The van der Waals surface area contributed by atoms with Crippen molar-refractivity contribution in [3.8, 4) is 23.7 Å². The lowest BCUT2D eigenvalue weighted by atomic mass is 10.2. The summed E-state index contributed by atoms with van der Waals surface area (Å²) in [5, 5.41) is 0. The Balaban J connectivity index is 0.00000338. The lowest BCUT2D eigenvalue weighted by molar-refractivity contribution is -0.915.